The van der Waals surface area contributed by atoms with E-state index in [-0.39, 0.29) is 16.8 Å². The summed E-state index contributed by atoms with van der Waals surface area (Å²) >= 11 is 0. The Balaban J connectivity index is 1.67. The van der Waals surface area contributed by atoms with Gasteiger partial charge in [0.05, 0.1) is 17.3 Å². The summed E-state index contributed by atoms with van der Waals surface area (Å²) in [4.78, 5) is 15.6. The molecule has 2 aromatic rings. The number of carbonyl (C=O) groups excluding carboxylic acids is 1. The smallest absolute Gasteiger partial charge is 0.269 e. The standard InChI is InChI=1S/C11H12FN7O/c12-6-4-14-8(3-7(6)13)9(20)15-5-11(1-2-11)10-16-18-19-17-10/h3-4H,1-2,5H2,(H2,13,14)(H,15,20)(H,16,17,18,19). The lowest BCUT2D eigenvalue weighted by Crippen LogP contribution is -2.33. The molecule has 2 heterocycles. The first-order valence-electron chi connectivity index (χ1n) is 6.04. The number of anilines is 1. The molecule has 0 saturated heterocycles. The summed E-state index contributed by atoms with van der Waals surface area (Å²) < 4.78 is 13.0. The van der Waals surface area contributed by atoms with Crippen molar-refractivity contribution in [2.75, 3.05) is 12.3 Å². The Bertz CT molecular complexity index is 638. The van der Waals surface area contributed by atoms with Gasteiger partial charge in [-0.3, -0.25) is 4.79 Å². The molecule has 1 fully saturated rings. The van der Waals surface area contributed by atoms with Gasteiger partial charge in [0.15, 0.2) is 11.6 Å². The van der Waals surface area contributed by atoms with Crippen molar-refractivity contribution in [2.45, 2.75) is 18.3 Å². The lowest BCUT2D eigenvalue weighted by atomic mass is 10.1. The van der Waals surface area contributed by atoms with E-state index in [1.165, 1.54) is 6.07 Å². The van der Waals surface area contributed by atoms with E-state index in [0.717, 1.165) is 19.0 Å². The minimum Gasteiger partial charge on any atom is -0.396 e. The molecule has 20 heavy (non-hydrogen) atoms. The Hall–Kier alpha value is -2.58. The van der Waals surface area contributed by atoms with E-state index in [9.17, 15) is 9.18 Å². The van der Waals surface area contributed by atoms with E-state index in [0.29, 0.717) is 12.4 Å². The summed E-state index contributed by atoms with van der Waals surface area (Å²) in [6.45, 7) is 0.379. The van der Waals surface area contributed by atoms with Crippen LogP contribution in [0.3, 0.4) is 0 Å². The molecule has 4 N–H and O–H groups in total. The highest BCUT2D eigenvalue weighted by Crippen LogP contribution is 2.45. The molecule has 0 radical (unpaired) electrons. The third-order valence-electron chi connectivity index (χ3n) is 3.38. The molecule has 0 aromatic carbocycles. The van der Waals surface area contributed by atoms with Crippen LogP contribution in [0.4, 0.5) is 10.1 Å². The van der Waals surface area contributed by atoms with E-state index in [2.05, 4.69) is 30.9 Å². The lowest BCUT2D eigenvalue weighted by molar-refractivity contribution is 0.0944. The van der Waals surface area contributed by atoms with Gasteiger partial charge in [-0.05, 0) is 18.9 Å². The van der Waals surface area contributed by atoms with Crippen LogP contribution in [-0.2, 0) is 5.41 Å². The molecule has 8 nitrogen and oxygen atoms in total. The number of nitrogens with one attached hydrogen (secondary N) is 2. The number of nitrogens with zero attached hydrogens (tertiary/aromatic N) is 4. The average molecular weight is 277 g/mol. The predicted molar refractivity (Wildman–Crippen MR) is 66.0 cm³/mol. The minimum atomic E-state index is -0.646. The van der Waals surface area contributed by atoms with Crippen LogP contribution in [0.15, 0.2) is 12.3 Å². The van der Waals surface area contributed by atoms with Gasteiger partial charge in [-0.15, -0.1) is 10.2 Å². The van der Waals surface area contributed by atoms with Crippen LogP contribution >= 0.6 is 0 Å². The highest BCUT2D eigenvalue weighted by molar-refractivity contribution is 5.93. The van der Waals surface area contributed by atoms with Crippen LogP contribution in [0.1, 0.15) is 29.2 Å². The van der Waals surface area contributed by atoms with Crippen LogP contribution in [0.25, 0.3) is 0 Å². The zero-order chi connectivity index (χ0) is 14.2. The fraction of sp³-hybridized carbons (Fsp3) is 0.364. The molecule has 1 aliphatic carbocycles. The second kappa shape index (κ2) is 4.51. The van der Waals surface area contributed by atoms with E-state index in [1.54, 1.807) is 0 Å². The van der Waals surface area contributed by atoms with E-state index in [4.69, 9.17) is 5.73 Å². The van der Waals surface area contributed by atoms with Crippen molar-refractivity contribution in [1.82, 2.24) is 30.9 Å². The summed E-state index contributed by atoms with van der Waals surface area (Å²) in [6, 6.07) is 1.21. The van der Waals surface area contributed by atoms with Crippen molar-refractivity contribution in [3.63, 3.8) is 0 Å². The first-order valence-corrected chi connectivity index (χ1v) is 6.04. The molecule has 2 aromatic heterocycles. The molecule has 0 spiro atoms. The first kappa shape index (κ1) is 12.5. The molecule has 0 unspecified atom stereocenters. The zero-order valence-electron chi connectivity index (χ0n) is 10.4. The van der Waals surface area contributed by atoms with E-state index in [1.807, 2.05) is 0 Å². The number of aromatic nitrogens is 5. The summed E-state index contributed by atoms with van der Waals surface area (Å²) in [6.07, 6.45) is 2.69. The molecular weight excluding hydrogens is 265 g/mol. The first-order chi connectivity index (χ1) is 9.61. The number of nitrogen functional groups attached to an aromatic ring is 1. The van der Waals surface area contributed by atoms with Gasteiger partial charge in [0.2, 0.25) is 0 Å². The Kier molecular flexibility index (Phi) is 2.81. The second-order valence-electron chi connectivity index (χ2n) is 4.79. The van der Waals surface area contributed by atoms with Crippen molar-refractivity contribution in [1.29, 1.82) is 0 Å². The van der Waals surface area contributed by atoms with Crippen molar-refractivity contribution < 1.29 is 9.18 Å². The quantitative estimate of drug-likeness (QED) is 0.710. The number of pyridine rings is 1. The van der Waals surface area contributed by atoms with Crippen molar-refractivity contribution in [2.24, 2.45) is 0 Å². The van der Waals surface area contributed by atoms with Crippen LogP contribution in [0.2, 0.25) is 0 Å². The molecule has 3 rings (SSSR count). The topological polar surface area (TPSA) is 122 Å². The molecule has 0 aliphatic heterocycles. The maximum atomic E-state index is 13.0. The molecular formula is C11H12FN7O. The second-order valence-corrected chi connectivity index (χ2v) is 4.79. The van der Waals surface area contributed by atoms with Gasteiger partial charge in [0, 0.05) is 6.54 Å². The van der Waals surface area contributed by atoms with E-state index >= 15 is 0 Å². The highest BCUT2D eigenvalue weighted by Gasteiger charge is 2.48. The molecule has 9 heteroatoms. The molecule has 0 atom stereocenters. The number of tetrazole rings is 1. The summed E-state index contributed by atoms with van der Waals surface area (Å²) in [5.41, 5.74) is 5.12. The van der Waals surface area contributed by atoms with Gasteiger partial charge in [-0.2, -0.15) is 5.21 Å². The number of carbonyl (C=O) groups is 1. The van der Waals surface area contributed by atoms with Gasteiger partial charge < -0.3 is 11.1 Å². The number of nitrogens with two attached hydrogens (primary N) is 1. The summed E-state index contributed by atoms with van der Waals surface area (Å²) in [7, 11) is 0. The molecule has 1 amide bonds. The minimum absolute atomic E-state index is 0.0767. The van der Waals surface area contributed by atoms with Crippen LogP contribution in [0, 0.1) is 5.82 Å². The number of halogens is 1. The zero-order valence-corrected chi connectivity index (χ0v) is 10.4. The number of amides is 1. The third kappa shape index (κ3) is 2.17. The summed E-state index contributed by atoms with van der Waals surface area (Å²) in [5, 5.41) is 16.5. The van der Waals surface area contributed by atoms with Gasteiger partial charge >= 0.3 is 0 Å². The molecule has 1 saturated carbocycles. The fourth-order valence-corrected chi connectivity index (χ4v) is 1.94. The predicted octanol–water partition coefficient (Wildman–Crippen LogP) is -0.222. The maximum absolute atomic E-state index is 13.0. The third-order valence-corrected chi connectivity index (χ3v) is 3.38. The van der Waals surface area contributed by atoms with Crippen molar-refractivity contribution in [3.8, 4) is 0 Å². The van der Waals surface area contributed by atoms with Gasteiger partial charge in [-0.1, -0.05) is 5.21 Å². The Morgan fingerprint density at radius 1 is 1.55 bits per heavy atom. The molecule has 1 aliphatic rings. The molecule has 0 bridgehead atoms. The number of hydrogen-bond donors (Lipinski definition) is 3. The monoisotopic (exact) mass is 277 g/mol. The highest BCUT2D eigenvalue weighted by atomic mass is 19.1. The average Bonchev–Trinajstić information content (AvgIpc) is 3.02. The Labute approximate surface area is 113 Å². The van der Waals surface area contributed by atoms with Crippen molar-refractivity contribution in [3.05, 3.63) is 29.6 Å². The van der Waals surface area contributed by atoms with Gasteiger partial charge in [0.1, 0.15) is 5.69 Å². The Morgan fingerprint density at radius 3 is 2.95 bits per heavy atom. The number of rotatable bonds is 4. The molecule has 104 valence electrons. The van der Waals surface area contributed by atoms with Gasteiger partial charge in [-0.25, -0.2) is 9.37 Å². The van der Waals surface area contributed by atoms with Crippen molar-refractivity contribution >= 4 is 11.6 Å². The summed E-state index contributed by atoms with van der Waals surface area (Å²) in [5.74, 6) is -0.470. The number of hydrogen-bond acceptors (Lipinski definition) is 6. The van der Waals surface area contributed by atoms with Crippen LogP contribution in [0.5, 0.6) is 0 Å². The van der Waals surface area contributed by atoms with Crippen LogP contribution in [-0.4, -0.2) is 38.1 Å². The Morgan fingerprint density at radius 2 is 2.35 bits per heavy atom. The number of H-pyrrole nitrogens is 1. The SMILES string of the molecule is Nc1cc(C(=O)NCC2(c3nn[nH]n3)CC2)ncc1F. The normalized spacial score (nSPS) is 15.8. The van der Waals surface area contributed by atoms with Gasteiger partial charge in [0.25, 0.3) is 5.91 Å². The van der Waals surface area contributed by atoms with E-state index < -0.39 is 11.7 Å². The maximum Gasteiger partial charge on any atom is 0.269 e. The number of aromatic amines is 1. The largest absolute Gasteiger partial charge is 0.396 e. The fourth-order valence-electron chi connectivity index (χ4n) is 1.94. The van der Waals surface area contributed by atoms with Crippen LogP contribution < -0.4 is 11.1 Å². The lowest BCUT2D eigenvalue weighted by Gasteiger charge is -2.11.